The van der Waals surface area contributed by atoms with Gasteiger partial charge in [0, 0.05) is 13.0 Å². The van der Waals surface area contributed by atoms with Gasteiger partial charge in [-0.1, -0.05) is 42.5 Å². The van der Waals surface area contributed by atoms with Crippen molar-refractivity contribution in [3.05, 3.63) is 65.7 Å². The molecule has 2 aromatic carbocycles. The molecule has 0 saturated carbocycles. The van der Waals surface area contributed by atoms with Crippen LogP contribution in [0.3, 0.4) is 0 Å². The number of thioether (sulfide) groups is 1. The molecule has 0 aromatic heterocycles. The van der Waals surface area contributed by atoms with Crippen LogP contribution in [0.5, 0.6) is 5.75 Å². The van der Waals surface area contributed by atoms with E-state index in [4.69, 9.17) is 17.2 Å². The largest absolute Gasteiger partial charge is 0.508 e. The van der Waals surface area contributed by atoms with Crippen LogP contribution < -0.4 is 33.2 Å². The number of carbonyl (C=O) groups excluding carboxylic acids is 3. The molecular weight excluding hydrogens is 574 g/mol. The Hall–Kier alpha value is -4.30. The summed E-state index contributed by atoms with van der Waals surface area (Å²) in [5.41, 5.74) is 18.2. The Bertz CT molecular complexity index is 1230. The SMILES string of the molecule is CSCCC(NC(=O)C(N)Cc1ccccc1)C(=O)NC(Cc1ccc(O)cc1)C(=O)NC(CCCN=C(N)N)C(=O)O. The highest BCUT2D eigenvalue weighted by atomic mass is 32.2. The maximum atomic E-state index is 13.5. The fraction of sp³-hybridized carbons (Fsp3) is 0.414. The monoisotopic (exact) mass is 615 g/mol. The Morgan fingerprint density at radius 2 is 1.40 bits per heavy atom. The van der Waals surface area contributed by atoms with E-state index in [0.29, 0.717) is 11.3 Å². The van der Waals surface area contributed by atoms with E-state index >= 15 is 0 Å². The van der Waals surface area contributed by atoms with E-state index in [9.17, 15) is 29.4 Å². The number of hydrogen-bond acceptors (Lipinski definition) is 8. The number of phenolic OH excluding ortho intramolecular Hbond substituents is 1. The number of carboxylic acids is 1. The van der Waals surface area contributed by atoms with E-state index in [1.165, 1.54) is 23.9 Å². The number of aliphatic imine (C=N–C) groups is 1. The van der Waals surface area contributed by atoms with Crippen LogP contribution in [0.15, 0.2) is 59.6 Å². The molecule has 13 nitrogen and oxygen atoms in total. The molecule has 14 heteroatoms. The first-order chi connectivity index (χ1) is 20.5. The number of nitrogens with two attached hydrogens (primary N) is 3. The van der Waals surface area contributed by atoms with Crippen molar-refractivity contribution in [3.8, 4) is 5.75 Å². The van der Waals surface area contributed by atoms with Crippen molar-refractivity contribution >= 4 is 41.4 Å². The average Bonchev–Trinajstić information content (AvgIpc) is 2.97. The molecule has 0 saturated heterocycles. The van der Waals surface area contributed by atoms with Crippen LogP contribution in [-0.2, 0) is 32.0 Å². The predicted octanol–water partition coefficient (Wildman–Crippen LogP) is -0.150. The van der Waals surface area contributed by atoms with Gasteiger partial charge in [0.1, 0.15) is 23.9 Å². The number of aliphatic carboxylic acids is 1. The van der Waals surface area contributed by atoms with E-state index in [-0.39, 0.29) is 50.4 Å². The van der Waals surface area contributed by atoms with Crippen molar-refractivity contribution in [1.29, 1.82) is 0 Å². The molecule has 0 bridgehead atoms. The number of amides is 3. The van der Waals surface area contributed by atoms with E-state index < -0.39 is 47.9 Å². The molecule has 3 amide bonds. The second-order valence-corrected chi connectivity index (χ2v) is 10.9. The molecule has 234 valence electrons. The van der Waals surface area contributed by atoms with Crippen LogP contribution in [0, 0.1) is 0 Å². The summed E-state index contributed by atoms with van der Waals surface area (Å²) in [6.45, 7) is 0.179. The van der Waals surface area contributed by atoms with Crippen molar-refractivity contribution < 1.29 is 29.4 Å². The lowest BCUT2D eigenvalue weighted by molar-refractivity contribution is -0.142. The second kappa shape index (κ2) is 18.3. The Morgan fingerprint density at radius 1 is 0.814 bits per heavy atom. The summed E-state index contributed by atoms with van der Waals surface area (Å²) in [5.74, 6) is -2.69. The second-order valence-electron chi connectivity index (χ2n) is 9.92. The lowest BCUT2D eigenvalue weighted by Gasteiger charge is -2.25. The Labute approximate surface area is 255 Å². The maximum absolute atomic E-state index is 13.5. The Kier molecular flexibility index (Phi) is 14.8. The summed E-state index contributed by atoms with van der Waals surface area (Å²) in [7, 11) is 0. The van der Waals surface area contributed by atoms with Crippen LogP contribution >= 0.6 is 11.8 Å². The van der Waals surface area contributed by atoms with Crippen LogP contribution in [0.1, 0.15) is 30.4 Å². The number of nitrogens with one attached hydrogen (secondary N) is 3. The van der Waals surface area contributed by atoms with E-state index in [2.05, 4.69) is 20.9 Å². The summed E-state index contributed by atoms with van der Waals surface area (Å²) >= 11 is 1.48. The first kappa shape index (κ1) is 34.9. The standard InChI is InChI=1S/C29H41N7O6S/c1-43-15-13-22(34-25(38)21(30)16-18-6-3-2-4-7-18)26(39)36-24(17-19-9-11-20(37)12-10-19)27(40)35-23(28(41)42)8-5-14-33-29(31)32/h2-4,6-7,9-12,21-24,37H,5,8,13-17,30H2,1H3,(H,34,38)(H,35,40)(H,36,39)(H,41,42)(H4,31,32,33). The third kappa shape index (κ3) is 13.0. The number of carboxylic acid groups (broad SMARTS) is 1. The number of carbonyl (C=O) groups is 4. The van der Waals surface area contributed by atoms with Gasteiger partial charge in [-0.2, -0.15) is 11.8 Å². The van der Waals surface area contributed by atoms with Crippen molar-refractivity contribution in [2.24, 2.45) is 22.2 Å². The van der Waals surface area contributed by atoms with Gasteiger partial charge in [0.2, 0.25) is 17.7 Å². The van der Waals surface area contributed by atoms with E-state index in [1.54, 1.807) is 12.1 Å². The highest BCUT2D eigenvalue weighted by Crippen LogP contribution is 2.13. The molecule has 0 spiro atoms. The number of rotatable bonds is 18. The van der Waals surface area contributed by atoms with Crippen molar-refractivity contribution in [3.63, 3.8) is 0 Å². The van der Waals surface area contributed by atoms with Crippen molar-refractivity contribution in [2.75, 3.05) is 18.6 Å². The number of nitrogens with zero attached hydrogens (tertiary/aromatic N) is 1. The zero-order chi connectivity index (χ0) is 31.8. The first-order valence-electron chi connectivity index (χ1n) is 13.8. The Balaban J connectivity index is 2.19. The van der Waals surface area contributed by atoms with Gasteiger partial charge in [-0.15, -0.1) is 0 Å². The third-order valence-electron chi connectivity index (χ3n) is 6.45. The number of benzene rings is 2. The van der Waals surface area contributed by atoms with Gasteiger partial charge >= 0.3 is 5.97 Å². The normalized spacial score (nSPS) is 13.5. The van der Waals surface area contributed by atoms with Crippen molar-refractivity contribution in [1.82, 2.24) is 16.0 Å². The minimum absolute atomic E-state index is 0.00505. The molecule has 0 fully saturated rings. The number of guanidine groups is 1. The minimum atomic E-state index is -1.26. The molecule has 0 aliphatic rings. The molecule has 2 rings (SSSR count). The van der Waals surface area contributed by atoms with Gasteiger partial charge in [-0.05, 0) is 61.0 Å². The zero-order valence-electron chi connectivity index (χ0n) is 24.1. The smallest absolute Gasteiger partial charge is 0.326 e. The zero-order valence-corrected chi connectivity index (χ0v) is 24.9. The molecular formula is C29H41N7O6S. The third-order valence-corrected chi connectivity index (χ3v) is 7.09. The lowest BCUT2D eigenvalue weighted by Crippen LogP contribution is -2.58. The Morgan fingerprint density at radius 3 is 2.00 bits per heavy atom. The molecule has 0 heterocycles. The lowest BCUT2D eigenvalue weighted by atomic mass is 10.0. The van der Waals surface area contributed by atoms with E-state index in [1.807, 2.05) is 36.6 Å². The fourth-order valence-electron chi connectivity index (χ4n) is 4.13. The molecule has 43 heavy (non-hydrogen) atoms. The molecule has 2 aromatic rings. The van der Waals surface area contributed by atoms with Crippen LogP contribution in [0.25, 0.3) is 0 Å². The predicted molar refractivity (Wildman–Crippen MR) is 166 cm³/mol. The number of hydrogen-bond donors (Lipinski definition) is 8. The molecule has 0 aliphatic heterocycles. The van der Waals surface area contributed by atoms with Gasteiger partial charge in [0.25, 0.3) is 0 Å². The number of aromatic hydroxyl groups is 1. The fourth-order valence-corrected chi connectivity index (χ4v) is 4.60. The molecule has 0 aliphatic carbocycles. The van der Waals surface area contributed by atoms with Crippen LogP contribution in [0.2, 0.25) is 0 Å². The summed E-state index contributed by atoms with van der Waals surface area (Å²) in [6, 6.07) is 10.9. The first-order valence-corrected chi connectivity index (χ1v) is 15.1. The summed E-state index contributed by atoms with van der Waals surface area (Å²) < 4.78 is 0. The highest BCUT2D eigenvalue weighted by molar-refractivity contribution is 7.98. The van der Waals surface area contributed by atoms with E-state index in [0.717, 1.165) is 5.56 Å². The quantitative estimate of drug-likeness (QED) is 0.0627. The molecule has 0 radical (unpaired) electrons. The van der Waals surface area contributed by atoms with Gasteiger partial charge in [0.15, 0.2) is 5.96 Å². The van der Waals surface area contributed by atoms with Crippen LogP contribution in [-0.4, -0.2) is 82.6 Å². The number of phenols is 1. The maximum Gasteiger partial charge on any atom is 0.326 e. The molecule has 4 unspecified atom stereocenters. The summed E-state index contributed by atoms with van der Waals surface area (Å²) in [4.78, 5) is 55.5. The van der Waals surface area contributed by atoms with Crippen molar-refractivity contribution in [2.45, 2.75) is 56.3 Å². The molecule has 4 atom stereocenters. The summed E-state index contributed by atoms with van der Waals surface area (Å²) in [6.07, 6.45) is 2.73. The summed E-state index contributed by atoms with van der Waals surface area (Å²) in [5, 5.41) is 27.2. The molecule has 11 N–H and O–H groups in total. The van der Waals surface area contributed by atoms with Gasteiger partial charge in [-0.3, -0.25) is 19.4 Å². The van der Waals surface area contributed by atoms with Gasteiger partial charge in [0.05, 0.1) is 6.04 Å². The minimum Gasteiger partial charge on any atom is -0.508 e. The topological polar surface area (TPSA) is 235 Å². The van der Waals surface area contributed by atoms with Crippen LogP contribution in [0.4, 0.5) is 0 Å². The highest BCUT2D eigenvalue weighted by Gasteiger charge is 2.30. The average molecular weight is 616 g/mol. The van der Waals surface area contributed by atoms with Gasteiger partial charge in [-0.25, -0.2) is 4.79 Å². The van der Waals surface area contributed by atoms with Gasteiger partial charge < -0.3 is 43.4 Å².